The van der Waals surface area contributed by atoms with E-state index in [1.807, 2.05) is 56.3 Å². The molecule has 0 unspecified atom stereocenters. The third kappa shape index (κ3) is 5.43. The molecule has 0 aliphatic carbocycles. The fourth-order valence-electron chi connectivity index (χ4n) is 2.81. The third-order valence-electron chi connectivity index (χ3n) is 3.94. The Hall–Kier alpha value is -2.66. The molecule has 2 rings (SSSR count). The Kier molecular flexibility index (Phi) is 6.31. The quantitative estimate of drug-likeness (QED) is 0.599. The maximum absolute atomic E-state index is 11.7. The molecule has 0 saturated heterocycles. The maximum atomic E-state index is 11.7. The summed E-state index contributed by atoms with van der Waals surface area (Å²) in [4.78, 5) is 22.9. The van der Waals surface area contributed by atoms with Crippen LogP contribution in [0.4, 0.5) is 0 Å². The molecule has 5 nitrogen and oxygen atoms in total. The first-order valence-corrected chi connectivity index (χ1v) is 8.22. The first kappa shape index (κ1) is 18.7. The Morgan fingerprint density at radius 3 is 2.20 bits per heavy atom. The molecule has 2 aromatic rings. The third-order valence-corrected chi connectivity index (χ3v) is 3.94. The number of nitrogens with one attached hydrogen (secondary N) is 1. The van der Waals surface area contributed by atoms with Crippen LogP contribution < -0.4 is 15.8 Å². The topological polar surface area (TPSA) is 81.4 Å². The van der Waals surface area contributed by atoms with Crippen LogP contribution >= 0.6 is 0 Å². The lowest BCUT2D eigenvalue weighted by Gasteiger charge is -2.17. The van der Waals surface area contributed by atoms with Gasteiger partial charge in [0.05, 0.1) is 6.04 Å². The van der Waals surface area contributed by atoms with Gasteiger partial charge in [-0.1, -0.05) is 42.5 Å². The van der Waals surface area contributed by atoms with Crippen molar-refractivity contribution >= 4 is 11.9 Å². The lowest BCUT2D eigenvalue weighted by Crippen LogP contribution is -2.42. The monoisotopic (exact) mass is 340 g/mol. The molecule has 2 aromatic carbocycles. The SMILES string of the molecule is CC(=O)Oc1c(C)cc(CN[C@@H](Cc2ccccc2)C(N)=O)cc1C. The molecular formula is C20H24N2O3. The predicted molar refractivity (Wildman–Crippen MR) is 97.2 cm³/mol. The molecule has 132 valence electrons. The van der Waals surface area contributed by atoms with Crippen molar-refractivity contribution in [3.8, 4) is 5.75 Å². The van der Waals surface area contributed by atoms with Crippen molar-refractivity contribution in [3.05, 3.63) is 64.7 Å². The van der Waals surface area contributed by atoms with E-state index in [1.165, 1.54) is 6.92 Å². The van der Waals surface area contributed by atoms with E-state index in [0.29, 0.717) is 18.7 Å². The number of hydrogen-bond donors (Lipinski definition) is 2. The Balaban J connectivity index is 2.07. The van der Waals surface area contributed by atoms with Gasteiger partial charge in [0.2, 0.25) is 5.91 Å². The average molecular weight is 340 g/mol. The molecule has 0 bridgehead atoms. The Bertz CT molecular complexity index is 734. The number of primary amides is 1. The molecule has 0 spiro atoms. The number of amides is 1. The minimum absolute atomic E-state index is 0.339. The Morgan fingerprint density at radius 2 is 1.68 bits per heavy atom. The second-order valence-electron chi connectivity index (χ2n) is 6.18. The van der Waals surface area contributed by atoms with Crippen LogP contribution in [0.1, 0.15) is 29.2 Å². The second-order valence-corrected chi connectivity index (χ2v) is 6.18. The van der Waals surface area contributed by atoms with Crippen LogP contribution in [-0.2, 0) is 22.6 Å². The lowest BCUT2D eigenvalue weighted by molar-refractivity contribution is -0.132. The fraction of sp³-hybridized carbons (Fsp3) is 0.300. The van der Waals surface area contributed by atoms with Gasteiger partial charge in [-0.15, -0.1) is 0 Å². The van der Waals surface area contributed by atoms with Gasteiger partial charge < -0.3 is 15.8 Å². The van der Waals surface area contributed by atoms with E-state index >= 15 is 0 Å². The van der Waals surface area contributed by atoms with E-state index in [2.05, 4.69) is 5.32 Å². The minimum atomic E-state index is -0.448. The number of ether oxygens (including phenoxy) is 1. The Morgan fingerprint density at radius 1 is 1.08 bits per heavy atom. The van der Waals surface area contributed by atoms with E-state index in [4.69, 9.17) is 10.5 Å². The summed E-state index contributed by atoms with van der Waals surface area (Å²) >= 11 is 0. The van der Waals surface area contributed by atoms with Crippen molar-refractivity contribution in [3.63, 3.8) is 0 Å². The molecule has 0 fully saturated rings. The van der Waals surface area contributed by atoms with Crippen LogP contribution in [0, 0.1) is 13.8 Å². The number of nitrogens with two attached hydrogens (primary N) is 1. The van der Waals surface area contributed by atoms with Crippen molar-refractivity contribution in [2.45, 2.75) is 39.8 Å². The summed E-state index contributed by atoms with van der Waals surface area (Å²) in [5, 5.41) is 3.22. The summed E-state index contributed by atoms with van der Waals surface area (Å²) in [6.45, 7) is 5.67. The van der Waals surface area contributed by atoms with Crippen molar-refractivity contribution in [2.75, 3.05) is 0 Å². The van der Waals surface area contributed by atoms with Crippen LogP contribution in [0.25, 0.3) is 0 Å². The normalized spacial score (nSPS) is 11.8. The molecule has 0 radical (unpaired) electrons. The van der Waals surface area contributed by atoms with E-state index < -0.39 is 6.04 Å². The smallest absolute Gasteiger partial charge is 0.308 e. The number of hydrogen-bond acceptors (Lipinski definition) is 4. The molecular weight excluding hydrogens is 316 g/mol. The molecule has 3 N–H and O–H groups in total. The number of aryl methyl sites for hydroxylation is 2. The van der Waals surface area contributed by atoms with Crippen molar-refractivity contribution in [1.82, 2.24) is 5.32 Å². The molecule has 0 aromatic heterocycles. The minimum Gasteiger partial charge on any atom is -0.426 e. The number of benzene rings is 2. The van der Waals surface area contributed by atoms with E-state index in [0.717, 1.165) is 22.3 Å². The van der Waals surface area contributed by atoms with Gasteiger partial charge in [-0.3, -0.25) is 9.59 Å². The summed E-state index contributed by atoms with van der Waals surface area (Å²) in [6.07, 6.45) is 0.541. The highest BCUT2D eigenvalue weighted by atomic mass is 16.5. The molecule has 0 heterocycles. The van der Waals surface area contributed by atoms with Gasteiger partial charge >= 0.3 is 5.97 Å². The maximum Gasteiger partial charge on any atom is 0.308 e. The largest absolute Gasteiger partial charge is 0.426 e. The highest BCUT2D eigenvalue weighted by Gasteiger charge is 2.16. The first-order valence-electron chi connectivity index (χ1n) is 8.22. The molecule has 0 aliphatic rings. The van der Waals surface area contributed by atoms with Gasteiger partial charge in [0.1, 0.15) is 5.75 Å². The number of carbonyl (C=O) groups excluding carboxylic acids is 2. The molecule has 5 heteroatoms. The molecule has 0 saturated carbocycles. The van der Waals surface area contributed by atoms with Gasteiger partial charge in [0, 0.05) is 13.5 Å². The number of rotatable bonds is 7. The summed E-state index contributed by atoms with van der Waals surface area (Å²) in [6, 6.07) is 13.2. The summed E-state index contributed by atoms with van der Waals surface area (Å²) in [5.41, 5.74) is 9.35. The second kappa shape index (κ2) is 8.44. The van der Waals surface area contributed by atoms with Gasteiger partial charge in [-0.25, -0.2) is 0 Å². The standard InChI is InChI=1S/C20H24N2O3/c1-13-9-17(10-14(2)19(13)25-15(3)23)12-22-18(20(21)24)11-16-7-5-4-6-8-16/h4-10,18,22H,11-12H2,1-3H3,(H2,21,24)/t18-/m0/s1. The zero-order valence-electron chi connectivity index (χ0n) is 14.8. The van der Waals surface area contributed by atoms with Crippen LogP contribution in [0.2, 0.25) is 0 Å². The predicted octanol–water partition coefficient (Wildman–Crippen LogP) is 2.41. The Labute approximate surface area is 148 Å². The fourth-order valence-corrected chi connectivity index (χ4v) is 2.81. The zero-order valence-corrected chi connectivity index (χ0v) is 14.8. The average Bonchev–Trinajstić information content (AvgIpc) is 2.55. The molecule has 1 amide bonds. The zero-order chi connectivity index (χ0) is 18.4. The molecule has 1 atom stereocenters. The first-order chi connectivity index (χ1) is 11.9. The van der Waals surface area contributed by atoms with E-state index in [1.54, 1.807) is 0 Å². The van der Waals surface area contributed by atoms with Crippen molar-refractivity contribution in [1.29, 1.82) is 0 Å². The van der Waals surface area contributed by atoms with Crippen LogP contribution in [0.5, 0.6) is 5.75 Å². The van der Waals surface area contributed by atoms with Crippen molar-refractivity contribution < 1.29 is 14.3 Å². The summed E-state index contributed by atoms with van der Waals surface area (Å²) < 4.78 is 5.24. The van der Waals surface area contributed by atoms with Gasteiger partial charge in [-0.05, 0) is 42.5 Å². The summed E-state index contributed by atoms with van der Waals surface area (Å²) in [7, 11) is 0. The van der Waals surface area contributed by atoms with Crippen LogP contribution in [-0.4, -0.2) is 17.9 Å². The van der Waals surface area contributed by atoms with Gasteiger partial charge in [-0.2, -0.15) is 0 Å². The number of esters is 1. The van der Waals surface area contributed by atoms with Crippen LogP contribution in [0.15, 0.2) is 42.5 Å². The molecule has 25 heavy (non-hydrogen) atoms. The van der Waals surface area contributed by atoms with Gasteiger partial charge in [0.25, 0.3) is 0 Å². The van der Waals surface area contributed by atoms with E-state index in [-0.39, 0.29) is 11.9 Å². The van der Waals surface area contributed by atoms with Crippen LogP contribution in [0.3, 0.4) is 0 Å². The van der Waals surface area contributed by atoms with Gasteiger partial charge in [0.15, 0.2) is 0 Å². The van der Waals surface area contributed by atoms with Crippen molar-refractivity contribution in [2.24, 2.45) is 5.73 Å². The highest BCUT2D eigenvalue weighted by Crippen LogP contribution is 2.25. The van der Waals surface area contributed by atoms with E-state index in [9.17, 15) is 9.59 Å². The lowest BCUT2D eigenvalue weighted by atomic mass is 10.0. The number of carbonyl (C=O) groups is 2. The highest BCUT2D eigenvalue weighted by molar-refractivity contribution is 5.80. The molecule has 0 aliphatic heterocycles. The summed E-state index contributed by atoms with van der Waals surface area (Å²) in [5.74, 6) is -0.130.